The molecule has 0 saturated carbocycles. The summed E-state index contributed by atoms with van der Waals surface area (Å²) in [5.41, 5.74) is 5.19. The summed E-state index contributed by atoms with van der Waals surface area (Å²) in [6.07, 6.45) is 4.34. The van der Waals surface area contributed by atoms with Crippen LogP contribution in [-0.2, 0) is 13.0 Å². The molecule has 0 unspecified atom stereocenters. The molecule has 0 radical (unpaired) electrons. The zero-order valence-corrected chi connectivity index (χ0v) is 16.4. The smallest absolute Gasteiger partial charge is 0.121 e. The van der Waals surface area contributed by atoms with E-state index in [1.807, 2.05) is 36.4 Å². The fourth-order valence-electron chi connectivity index (χ4n) is 3.21. The molecule has 4 rings (SSSR count). The fraction of sp³-hybridized carbons (Fsp3) is 0.174. The molecule has 1 N–H and O–H groups in total. The van der Waals surface area contributed by atoms with Gasteiger partial charge in [0.25, 0.3) is 0 Å². The molecule has 0 aliphatic carbocycles. The predicted octanol–water partition coefficient (Wildman–Crippen LogP) is 5.49. The van der Waals surface area contributed by atoms with E-state index >= 15 is 0 Å². The van der Waals surface area contributed by atoms with E-state index in [0.29, 0.717) is 0 Å². The van der Waals surface area contributed by atoms with Crippen LogP contribution < -0.4 is 10.1 Å². The van der Waals surface area contributed by atoms with Crippen LogP contribution in [0, 0.1) is 0 Å². The Bertz CT molecular complexity index is 1060. The first-order chi connectivity index (χ1) is 13.7. The molecule has 5 heteroatoms. The topological polar surface area (TPSA) is 47.3 Å². The highest BCUT2D eigenvalue weighted by Gasteiger charge is 2.11. The molecule has 2 aromatic carbocycles. The highest BCUT2D eigenvalue weighted by Crippen LogP contribution is 2.28. The summed E-state index contributed by atoms with van der Waals surface area (Å²) in [7, 11) is 1.66. The Balaban J connectivity index is 1.54. The molecule has 28 heavy (non-hydrogen) atoms. The van der Waals surface area contributed by atoms with E-state index in [1.54, 1.807) is 19.6 Å². The monoisotopic (exact) mass is 392 g/mol. The van der Waals surface area contributed by atoms with E-state index in [4.69, 9.17) is 25.7 Å². The maximum atomic E-state index is 5.95. The van der Waals surface area contributed by atoms with Gasteiger partial charge in [0.15, 0.2) is 0 Å². The largest absolute Gasteiger partial charge is 0.497 e. The average molecular weight is 393 g/mol. The molecule has 0 amide bonds. The zero-order chi connectivity index (χ0) is 19.3. The Morgan fingerprint density at radius 1 is 1.07 bits per heavy atom. The van der Waals surface area contributed by atoms with Gasteiger partial charge in [0, 0.05) is 28.6 Å². The summed E-state index contributed by atoms with van der Waals surface area (Å²) >= 11 is 5.95. The number of nitrogens with one attached hydrogen (secondary N) is 1. The van der Waals surface area contributed by atoms with Gasteiger partial charge in [-0.3, -0.25) is 0 Å². The number of halogens is 1. The normalized spacial score (nSPS) is 11.1. The van der Waals surface area contributed by atoms with Gasteiger partial charge in [0.1, 0.15) is 5.75 Å². The molecular weight excluding hydrogens is 372 g/mol. The number of benzene rings is 2. The Labute approximate surface area is 169 Å². The number of hydrogen-bond acceptors (Lipinski definition) is 4. The Hall–Kier alpha value is -2.82. The minimum atomic E-state index is 0.725. The molecule has 2 heterocycles. The van der Waals surface area contributed by atoms with Crippen LogP contribution in [0.2, 0.25) is 5.02 Å². The van der Waals surface area contributed by atoms with Crippen molar-refractivity contribution in [2.45, 2.75) is 13.0 Å². The minimum Gasteiger partial charge on any atom is -0.497 e. The summed E-state index contributed by atoms with van der Waals surface area (Å²) < 4.78 is 10.6. The van der Waals surface area contributed by atoms with E-state index in [0.717, 1.165) is 58.0 Å². The Morgan fingerprint density at radius 3 is 2.68 bits per heavy atom. The lowest BCUT2D eigenvalue weighted by Crippen LogP contribution is -2.17. The van der Waals surface area contributed by atoms with Gasteiger partial charge in [0.2, 0.25) is 0 Å². The van der Waals surface area contributed by atoms with Crippen molar-refractivity contribution < 1.29 is 9.15 Å². The minimum absolute atomic E-state index is 0.725. The van der Waals surface area contributed by atoms with Crippen LogP contribution in [0.15, 0.2) is 71.5 Å². The van der Waals surface area contributed by atoms with Crippen LogP contribution in [0.1, 0.15) is 11.1 Å². The van der Waals surface area contributed by atoms with Gasteiger partial charge in [-0.2, -0.15) is 0 Å². The number of hydrogen-bond donors (Lipinski definition) is 1. The lowest BCUT2D eigenvalue weighted by atomic mass is 10.0. The fourth-order valence-corrected chi connectivity index (χ4v) is 3.33. The highest BCUT2D eigenvalue weighted by molar-refractivity contribution is 6.30. The maximum absolute atomic E-state index is 5.95. The molecule has 4 nitrogen and oxygen atoms in total. The second-order valence-corrected chi connectivity index (χ2v) is 7.06. The molecule has 0 atom stereocenters. The number of furan rings is 1. The van der Waals surface area contributed by atoms with Crippen molar-refractivity contribution in [1.82, 2.24) is 10.3 Å². The van der Waals surface area contributed by atoms with Gasteiger partial charge >= 0.3 is 0 Å². The molecule has 0 fully saturated rings. The van der Waals surface area contributed by atoms with Gasteiger partial charge in [-0.1, -0.05) is 23.7 Å². The third-order valence-corrected chi connectivity index (χ3v) is 4.97. The molecular formula is C23H21ClN2O2. The number of ether oxygens (including phenoxy) is 1. The molecule has 0 spiro atoms. The number of nitrogens with zero attached hydrogens (tertiary/aromatic N) is 1. The van der Waals surface area contributed by atoms with Gasteiger partial charge in [-0.25, -0.2) is 4.98 Å². The standard InChI is InChI=1S/C23H21ClN2O2/c1-27-21-7-4-17-12-19(14-25-10-8-16-2-5-20(24)6-3-16)23(26-22(17)13-21)18-9-11-28-15-18/h2-7,9,11-13,15,25H,8,10,14H2,1H3. The number of pyridine rings is 1. The van der Waals surface area contributed by atoms with Crippen molar-refractivity contribution in [2.75, 3.05) is 13.7 Å². The van der Waals surface area contributed by atoms with Crippen molar-refractivity contribution in [1.29, 1.82) is 0 Å². The van der Waals surface area contributed by atoms with E-state index in [9.17, 15) is 0 Å². The average Bonchev–Trinajstić information content (AvgIpc) is 3.26. The number of methoxy groups -OCH3 is 1. The number of rotatable bonds is 7. The third-order valence-electron chi connectivity index (χ3n) is 4.72. The van der Waals surface area contributed by atoms with Crippen LogP contribution in [0.4, 0.5) is 0 Å². The second kappa shape index (κ2) is 8.46. The van der Waals surface area contributed by atoms with Crippen LogP contribution in [0.25, 0.3) is 22.2 Å². The molecule has 0 aliphatic rings. The van der Waals surface area contributed by atoms with Gasteiger partial charge in [0.05, 0.1) is 30.8 Å². The van der Waals surface area contributed by atoms with Gasteiger partial charge in [-0.05, 0) is 60.5 Å². The first-order valence-corrected chi connectivity index (χ1v) is 9.56. The summed E-state index contributed by atoms with van der Waals surface area (Å²) in [6.45, 7) is 1.59. The lowest BCUT2D eigenvalue weighted by Gasteiger charge is -2.12. The number of aromatic nitrogens is 1. The predicted molar refractivity (Wildman–Crippen MR) is 113 cm³/mol. The Morgan fingerprint density at radius 2 is 1.93 bits per heavy atom. The van der Waals surface area contributed by atoms with Crippen LogP contribution >= 0.6 is 11.6 Å². The third kappa shape index (κ3) is 4.19. The van der Waals surface area contributed by atoms with Crippen molar-refractivity contribution in [3.05, 3.63) is 83.3 Å². The molecule has 0 aliphatic heterocycles. The quantitative estimate of drug-likeness (QED) is 0.422. The Kier molecular flexibility index (Phi) is 5.60. The second-order valence-electron chi connectivity index (χ2n) is 6.62. The lowest BCUT2D eigenvalue weighted by molar-refractivity contribution is 0.415. The van der Waals surface area contributed by atoms with E-state index in [-0.39, 0.29) is 0 Å². The molecule has 2 aromatic heterocycles. The summed E-state index contributed by atoms with van der Waals surface area (Å²) in [5, 5.41) is 5.38. The highest BCUT2D eigenvalue weighted by atomic mass is 35.5. The van der Waals surface area contributed by atoms with E-state index < -0.39 is 0 Å². The van der Waals surface area contributed by atoms with Crippen molar-refractivity contribution in [3.63, 3.8) is 0 Å². The molecule has 4 aromatic rings. The van der Waals surface area contributed by atoms with Crippen LogP contribution in [-0.4, -0.2) is 18.6 Å². The number of fused-ring (bicyclic) bond motifs is 1. The molecule has 142 valence electrons. The zero-order valence-electron chi connectivity index (χ0n) is 15.6. The van der Waals surface area contributed by atoms with Crippen molar-refractivity contribution in [3.8, 4) is 17.0 Å². The van der Waals surface area contributed by atoms with Crippen LogP contribution in [0.5, 0.6) is 5.75 Å². The summed E-state index contributed by atoms with van der Waals surface area (Å²) in [4.78, 5) is 4.88. The van der Waals surface area contributed by atoms with Gasteiger partial charge < -0.3 is 14.5 Å². The van der Waals surface area contributed by atoms with E-state index in [2.05, 4.69) is 23.5 Å². The van der Waals surface area contributed by atoms with Gasteiger partial charge in [-0.15, -0.1) is 0 Å². The van der Waals surface area contributed by atoms with E-state index in [1.165, 1.54) is 5.56 Å². The first kappa shape index (κ1) is 18.5. The SMILES string of the molecule is COc1ccc2cc(CNCCc3ccc(Cl)cc3)c(-c3ccoc3)nc2c1. The molecule has 0 saturated heterocycles. The van der Waals surface area contributed by atoms with Crippen LogP contribution in [0.3, 0.4) is 0 Å². The summed E-state index contributed by atoms with van der Waals surface area (Å²) in [6, 6.07) is 18.0. The summed E-state index contributed by atoms with van der Waals surface area (Å²) in [5.74, 6) is 0.798. The van der Waals surface area contributed by atoms with Crippen molar-refractivity contribution >= 4 is 22.5 Å². The molecule has 0 bridgehead atoms. The van der Waals surface area contributed by atoms with Crippen molar-refractivity contribution in [2.24, 2.45) is 0 Å². The maximum Gasteiger partial charge on any atom is 0.121 e. The first-order valence-electron chi connectivity index (χ1n) is 9.18.